The summed E-state index contributed by atoms with van der Waals surface area (Å²) in [6.45, 7) is 10.3. The number of ether oxygens (including phenoxy) is 1. The number of rotatable bonds is 2. The molecule has 0 rings (SSSR count). The molecule has 0 aromatic heterocycles. The van der Waals surface area contributed by atoms with E-state index in [1.165, 1.54) is 0 Å². The molecule has 0 fully saturated rings. The summed E-state index contributed by atoms with van der Waals surface area (Å²) in [7, 11) is 0. The van der Waals surface area contributed by atoms with E-state index in [0.717, 1.165) is 0 Å². The van der Waals surface area contributed by atoms with Crippen LogP contribution in [0.5, 0.6) is 0 Å². The normalized spacial score (nSPS) is 11.4. The average Bonchev–Trinajstić information content (AvgIpc) is 1.59. The summed E-state index contributed by atoms with van der Waals surface area (Å²) in [5.41, 5.74) is -0.0197. The van der Waals surface area contributed by atoms with Crippen LogP contribution in [0.15, 0.2) is 12.7 Å². The standard InChI is InChI=1S/C7H14O/c1-5-6-8-7(2,3)4/h5H,1,6H2,2-4H3. The predicted octanol–water partition coefficient (Wildman–Crippen LogP) is 1.99. The van der Waals surface area contributed by atoms with Gasteiger partial charge in [0.15, 0.2) is 0 Å². The Kier molecular flexibility index (Phi) is 2.77. The van der Waals surface area contributed by atoms with E-state index >= 15 is 0 Å². The van der Waals surface area contributed by atoms with Crippen molar-refractivity contribution in [3.8, 4) is 0 Å². The maximum atomic E-state index is 5.26. The highest BCUT2D eigenvalue weighted by atomic mass is 16.5. The summed E-state index contributed by atoms with van der Waals surface area (Å²) < 4.78 is 5.26. The van der Waals surface area contributed by atoms with Gasteiger partial charge in [-0.05, 0) is 20.8 Å². The lowest BCUT2D eigenvalue weighted by Crippen LogP contribution is -2.18. The van der Waals surface area contributed by atoms with Gasteiger partial charge in [-0.15, -0.1) is 6.58 Å². The van der Waals surface area contributed by atoms with Crippen molar-refractivity contribution in [1.82, 2.24) is 0 Å². The molecule has 0 unspecified atom stereocenters. The van der Waals surface area contributed by atoms with E-state index in [2.05, 4.69) is 6.58 Å². The van der Waals surface area contributed by atoms with Crippen molar-refractivity contribution >= 4 is 0 Å². The lowest BCUT2D eigenvalue weighted by atomic mass is 10.2. The fourth-order valence-electron chi connectivity index (χ4n) is 0.309. The number of hydrogen-bond acceptors (Lipinski definition) is 1. The smallest absolute Gasteiger partial charge is 0.0651 e. The molecule has 0 saturated carbocycles. The van der Waals surface area contributed by atoms with Crippen LogP contribution < -0.4 is 0 Å². The Balaban J connectivity index is 3.24. The molecule has 0 aromatic carbocycles. The zero-order valence-electron chi connectivity index (χ0n) is 5.90. The molecule has 0 atom stereocenters. The van der Waals surface area contributed by atoms with Crippen LogP contribution in [0.25, 0.3) is 0 Å². The summed E-state index contributed by atoms with van der Waals surface area (Å²) in [5, 5.41) is 0. The minimum Gasteiger partial charge on any atom is -0.372 e. The first-order valence-corrected chi connectivity index (χ1v) is 2.81. The Morgan fingerprint density at radius 3 is 2.12 bits per heavy atom. The topological polar surface area (TPSA) is 9.23 Å². The Morgan fingerprint density at radius 1 is 1.50 bits per heavy atom. The van der Waals surface area contributed by atoms with Crippen LogP contribution in [0.4, 0.5) is 0 Å². The molecular weight excluding hydrogens is 100 g/mol. The molecule has 0 bridgehead atoms. The molecule has 0 aliphatic rings. The molecule has 0 radical (unpaired) electrons. The molecule has 0 N–H and O–H groups in total. The Morgan fingerprint density at radius 2 is 2.00 bits per heavy atom. The molecule has 1 nitrogen and oxygen atoms in total. The van der Waals surface area contributed by atoms with E-state index < -0.39 is 0 Å². The number of hydrogen-bond donors (Lipinski definition) is 0. The summed E-state index contributed by atoms with van der Waals surface area (Å²) in [5.74, 6) is 0. The lowest BCUT2D eigenvalue weighted by molar-refractivity contribution is 0.0151. The average molecular weight is 114 g/mol. The van der Waals surface area contributed by atoms with Crippen LogP contribution in [-0.4, -0.2) is 12.2 Å². The van der Waals surface area contributed by atoms with E-state index in [-0.39, 0.29) is 5.60 Å². The maximum absolute atomic E-state index is 5.26. The van der Waals surface area contributed by atoms with Gasteiger partial charge in [0.05, 0.1) is 12.2 Å². The summed E-state index contributed by atoms with van der Waals surface area (Å²) in [6, 6.07) is 0. The molecule has 0 aliphatic heterocycles. The van der Waals surface area contributed by atoms with Gasteiger partial charge < -0.3 is 4.74 Å². The quantitative estimate of drug-likeness (QED) is 0.499. The first-order valence-electron chi connectivity index (χ1n) is 2.81. The third-order valence-electron chi connectivity index (χ3n) is 0.634. The maximum Gasteiger partial charge on any atom is 0.0651 e. The van der Waals surface area contributed by atoms with E-state index in [0.29, 0.717) is 6.61 Å². The monoisotopic (exact) mass is 114 g/mol. The SMILES string of the molecule is C=CCOC(C)(C)C. The molecule has 0 amide bonds. The Labute approximate surface area is 51.4 Å². The molecule has 1 heteroatoms. The van der Waals surface area contributed by atoms with Crippen LogP contribution in [0.3, 0.4) is 0 Å². The molecule has 0 aromatic rings. The van der Waals surface area contributed by atoms with Gasteiger partial charge in [-0.1, -0.05) is 6.08 Å². The fraction of sp³-hybridized carbons (Fsp3) is 0.714. The minimum atomic E-state index is -0.0197. The second-order valence-electron chi connectivity index (χ2n) is 2.71. The van der Waals surface area contributed by atoms with Gasteiger partial charge in [-0.25, -0.2) is 0 Å². The van der Waals surface area contributed by atoms with Crippen molar-refractivity contribution in [1.29, 1.82) is 0 Å². The van der Waals surface area contributed by atoms with Crippen molar-refractivity contribution in [2.75, 3.05) is 6.61 Å². The molecule has 0 saturated heterocycles. The Bertz CT molecular complexity index is 68.9. The van der Waals surface area contributed by atoms with Gasteiger partial charge >= 0.3 is 0 Å². The fourth-order valence-corrected chi connectivity index (χ4v) is 0.309. The van der Waals surface area contributed by atoms with E-state index in [1.54, 1.807) is 6.08 Å². The minimum absolute atomic E-state index is 0.0197. The zero-order valence-corrected chi connectivity index (χ0v) is 5.90. The van der Waals surface area contributed by atoms with E-state index in [9.17, 15) is 0 Å². The molecule has 8 heavy (non-hydrogen) atoms. The predicted molar refractivity (Wildman–Crippen MR) is 35.9 cm³/mol. The molecule has 48 valence electrons. The van der Waals surface area contributed by atoms with Crippen LogP contribution in [-0.2, 0) is 4.74 Å². The Hall–Kier alpha value is -0.300. The van der Waals surface area contributed by atoms with Gasteiger partial charge in [0.25, 0.3) is 0 Å². The first kappa shape index (κ1) is 7.70. The summed E-state index contributed by atoms with van der Waals surface area (Å²) in [4.78, 5) is 0. The third-order valence-corrected chi connectivity index (χ3v) is 0.634. The molecule has 0 heterocycles. The van der Waals surface area contributed by atoms with Crippen molar-refractivity contribution < 1.29 is 4.74 Å². The first-order chi connectivity index (χ1) is 3.56. The largest absolute Gasteiger partial charge is 0.372 e. The van der Waals surface area contributed by atoms with Gasteiger partial charge in [0, 0.05) is 0 Å². The zero-order chi connectivity index (χ0) is 6.62. The van der Waals surface area contributed by atoms with Gasteiger partial charge in [-0.3, -0.25) is 0 Å². The molecule has 0 aliphatic carbocycles. The lowest BCUT2D eigenvalue weighted by Gasteiger charge is -2.17. The second kappa shape index (κ2) is 2.88. The van der Waals surface area contributed by atoms with Crippen molar-refractivity contribution in [3.63, 3.8) is 0 Å². The van der Waals surface area contributed by atoms with Crippen LogP contribution in [0.2, 0.25) is 0 Å². The summed E-state index contributed by atoms with van der Waals surface area (Å²) >= 11 is 0. The van der Waals surface area contributed by atoms with Crippen molar-refractivity contribution in [2.24, 2.45) is 0 Å². The van der Waals surface area contributed by atoms with E-state index in [4.69, 9.17) is 4.74 Å². The van der Waals surface area contributed by atoms with Crippen LogP contribution >= 0.6 is 0 Å². The second-order valence-corrected chi connectivity index (χ2v) is 2.71. The van der Waals surface area contributed by atoms with Gasteiger partial charge in [0.2, 0.25) is 0 Å². The van der Waals surface area contributed by atoms with Gasteiger partial charge in [0.1, 0.15) is 0 Å². The van der Waals surface area contributed by atoms with Crippen LogP contribution in [0, 0.1) is 0 Å². The van der Waals surface area contributed by atoms with Crippen molar-refractivity contribution in [2.45, 2.75) is 26.4 Å². The summed E-state index contributed by atoms with van der Waals surface area (Å²) in [6.07, 6.45) is 1.76. The highest BCUT2D eigenvalue weighted by molar-refractivity contribution is 4.68. The molecule has 0 spiro atoms. The molecular formula is C7H14O. The van der Waals surface area contributed by atoms with Crippen molar-refractivity contribution in [3.05, 3.63) is 12.7 Å². The highest BCUT2D eigenvalue weighted by Crippen LogP contribution is 2.05. The van der Waals surface area contributed by atoms with Crippen LogP contribution in [0.1, 0.15) is 20.8 Å². The third kappa shape index (κ3) is 5.70. The van der Waals surface area contributed by atoms with Gasteiger partial charge in [-0.2, -0.15) is 0 Å². The highest BCUT2D eigenvalue weighted by Gasteiger charge is 2.06. The van der Waals surface area contributed by atoms with E-state index in [1.807, 2.05) is 20.8 Å².